The molecule has 0 atom stereocenters. The van der Waals surface area contributed by atoms with Crippen LogP contribution in [0, 0.1) is 6.92 Å². The van der Waals surface area contributed by atoms with E-state index in [1.165, 1.54) is 25.7 Å². The number of hydrogen-bond donors (Lipinski definition) is 2. The molecule has 8 heteroatoms. The second-order valence-electron chi connectivity index (χ2n) is 6.60. The molecule has 0 spiro atoms. The highest BCUT2D eigenvalue weighted by Gasteiger charge is 2.16. The lowest BCUT2D eigenvalue weighted by Gasteiger charge is -2.17. The highest BCUT2D eigenvalue weighted by atomic mass is 35.5. The van der Waals surface area contributed by atoms with E-state index in [-0.39, 0.29) is 0 Å². The molecule has 0 bridgehead atoms. The minimum absolute atomic E-state index is 0.461. The molecule has 2 aromatic rings. The number of aryl methyl sites for hydroxylation is 1. The van der Waals surface area contributed by atoms with Crippen LogP contribution >= 0.6 is 23.2 Å². The van der Waals surface area contributed by atoms with Gasteiger partial charge in [-0.3, -0.25) is 0 Å². The Morgan fingerprint density at radius 3 is 2.69 bits per heavy atom. The highest BCUT2D eigenvalue weighted by Crippen LogP contribution is 2.22. The largest absolute Gasteiger partial charge is 0.354 e. The Hall–Kier alpha value is -1.79. The van der Waals surface area contributed by atoms with E-state index in [9.17, 15) is 0 Å². The van der Waals surface area contributed by atoms with Crippen LogP contribution in [-0.4, -0.2) is 26.8 Å². The zero-order valence-electron chi connectivity index (χ0n) is 15.1. The van der Waals surface area contributed by atoms with Gasteiger partial charge in [0, 0.05) is 23.1 Å². The predicted octanol–water partition coefficient (Wildman–Crippen LogP) is 3.61. The Kier molecular flexibility index (Phi) is 6.38. The van der Waals surface area contributed by atoms with Crippen molar-refractivity contribution in [1.29, 1.82) is 0 Å². The number of nitrogens with zero attached hydrogens (tertiary/aromatic N) is 4. The van der Waals surface area contributed by atoms with Gasteiger partial charge in [-0.1, -0.05) is 42.1 Å². The second-order valence-corrected chi connectivity index (χ2v) is 7.45. The number of aliphatic imine (C=N–C) groups is 1. The fourth-order valence-corrected chi connectivity index (χ4v) is 3.47. The Morgan fingerprint density at radius 1 is 1.27 bits per heavy atom. The van der Waals surface area contributed by atoms with E-state index in [1.54, 1.807) is 6.07 Å². The number of aromatic nitrogens is 3. The van der Waals surface area contributed by atoms with Crippen molar-refractivity contribution in [2.45, 2.75) is 51.7 Å². The molecule has 140 valence electrons. The van der Waals surface area contributed by atoms with Crippen LogP contribution in [0.3, 0.4) is 0 Å². The molecule has 6 nitrogen and oxygen atoms in total. The molecule has 2 N–H and O–H groups in total. The highest BCUT2D eigenvalue weighted by molar-refractivity contribution is 6.35. The summed E-state index contributed by atoms with van der Waals surface area (Å²) < 4.78 is 1.97. The molecule has 3 rings (SSSR count). The summed E-state index contributed by atoms with van der Waals surface area (Å²) >= 11 is 12.2. The maximum atomic E-state index is 6.26. The average Bonchev–Trinajstić information content (AvgIpc) is 3.23. The lowest BCUT2D eigenvalue weighted by molar-refractivity contribution is 0.606. The molecule has 1 aromatic heterocycles. The van der Waals surface area contributed by atoms with Gasteiger partial charge in [0.05, 0.1) is 13.1 Å². The first-order chi connectivity index (χ1) is 12.5. The lowest BCUT2D eigenvalue weighted by atomic mass is 10.2. The van der Waals surface area contributed by atoms with Crippen LogP contribution < -0.4 is 10.6 Å². The van der Waals surface area contributed by atoms with Crippen LogP contribution in [0.15, 0.2) is 23.2 Å². The van der Waals surface area contributed by atoms with Crippen LogP contribution in [0.5, 0.6) is 0 Å². The van der Waals surface area contributed by atoms with Crippen molar-refractivity contribution in [2.24, 2.45) is 12.0 Å². The number of nitrogens with one attached hydrogen (secondary N) is 2. The Morgan fingerprint density at radius 2 is 2.04 bits per heavy atom. The average molecular weight is 395 g/mol. The molecular formula is C18H24Cl2N6. The summed E-state index contributed by atoms with van der Waals surface area (Å²) in [5.74, 6) is 2.52. The van der Waals surface area contributed by atoms with E-state index < -0.39 is 0 Å². The number of rotatable bonds is 5. The van der Waals surface area contributed by atoms with Crippen LogP contribution in [0.2, 0.25) is 10.0 Å². The van der Waals surface area contributed by atoms with Crippen LogP contribution in [-0.2, 0) is 20.1 Å². The molecule has 1 aromatic carbocycles. The summed E-state index contributed by atoms with van der Waals surface area (Å²) in [4.78, 5) is 4.71. The van der Waals surface area contributed by atoms with Crippen molar-refractivity contribution >= 4 is 29.2 Å². The molecule has 1 saturated carbocycles. The summed E-state index contributed by atoms with van der Waals surface area (Å²) in [5, 5.41) is 16.4. The van der Waals surface area contributed by atoms with Gasteiger partial charge in [-0.25, -0.2) is 4.99 Å². The zero-order chi connectivity index (χ0) is 18.5. The third-order valence-electron chi connectivity index (χ3n) is 4.72. The van der Waals surface area contributed by atoms with E-state index in [4.69, 9.17) is 28.2 Å². The monoisotopic (exact) mass is 394 g/mol. The molecule has 0 amide bonds. The topological polar surface area (TPSA) is 67.1 Å². The second kappa shape index (κ2) is 8.73. The first kappa shape index (κ1) is 19.0. The first-order valence-electron chi connectivity index (χ1n) is 8.86. The van der Waals surface area contributed by atoms with Gasteiger partial charge in [0.15, 0.2) is 11.8 Å². The molecule has 1 aliphatic carbocycles. The minimum atomic E-state index is 0.461. The van der Waals surface area contributed by atoms with Crippen molar-refractivity contribution in [1.82, 2.24) is 25.4 Å². The maximum absolute atomic E-state index is 6.26. The number of halogens is 2. The summed E-state index contributed by atoms with van der Waals surface area (Å²) in [6, 6.07) is 5.95. The quantitative estimate of drug-likeness (QED) is 0.600. The Bertz CT molecular complexity index is 780. The molecular weight excluding hydrogens is 371 g/mol. The molecule has 26 heavy (non-hydrogen) atoms. The molecule has 1 aliphatic rings. The van der Waals surface area contributed by atoms with Crippen molar-refractivity contribution in [3.8, 4) is 0 Å². The summed E-state index contributed by atoms with van der Waals surface area (Å²) in [6.45, 7) is 2.98. The van der Waals surface area contributed by atoms with E-state index in [0.29, 0.717) is 29.2 Å². The van der Waals surface area contributed by atoms with Gasteiger partial charge in [-0.15, -0.1) is 10.2 Å². The standard InChI is InChI=1S/C18H24Cl2N6/c1-12-24-25-17(26(12)2)11-22-18(23-15-5-3-4-6-15)21-10-13-7-8-14(19)9-16(13)20/h7-9,15H,3-6,10-11H2,1-2H3,(H2,21,22,23). The first-order valence-corrected chi connectivity index (χ1v) is 9.62. The van der Waals surface area contributed by atoms with Gasteiger partial charge in [0.25, 0.3) is 0 Å². The Labute approximate surface area is 164 Å². The molecule has 0 unspecified atom stereocenters. The number of benzene rings is 1. The fraction of sp³-hybridized carbons (Fsp3) is 0.500. The number of guanidine groups is 1. The maximum Gasteiger partial charge on any atom is 0.192 e. The SMILES string of the molecule is Cc1nnc(CNC(=NCc2ccc(Cl)cc2Cl)NC2CCCC2)n1C. The van der Waals surface area contributed by atoms with Gasteiger partial charge in [0.2, 0.25) is 0 Å². The van der Waals surface area contributed by atoms with Crippen LogP contribution in [0.1, 0.15) is 42.9 Å². The van der Waals surface area contributed by atoms with Crippen molar-refractivity contribution in [2.75, 3.05) is 0 Å². The molecule has 1 fully saturated rings. The van der Waals surface area contributed by atoms with Gasteiger partial charge in [-0.2, -0.15) is 0 Å². The van der Waals surface area contributed by atoms with Gasteiger partial charge >= 0.3 is 0 Å². The van der Waals surface area contributed by atoms with E-state index in [1.807, 2.05) is 30.7 Å². The third kappa shape index (κ3) is 4.89. The third-order valence-corrected chi connectivity index (χ3v) is 5.30. The zero-order valence-corrected chi connectivity index (χ0v) is 16.6. The molecule has 0 radical (unpaired) electrons. The summed E-state index contributed by atoms with van der Waals surface area (Å²) in [6.07, 6.45) is 4.86. The van der Waals surface area contributed by atoms with Gasteiger partial charge in [-0.05, 0) is 37.5 Å². The van der Waals surface area contributed by atoms with Crippen molar-refractivity contribution in [3.63, 3.8) is 0 Å². The smallest absolute Gasteiger partial charge is 0.192 e. The summed E-state index contributed by atoms with van der Waals surface area (Å²) in [7, 11) is 1.96. The van der Waals surface area contributed by atoms with E-state index in [2.05, 4.69) is 20.8 Å². The van der Waals surface area contributed by atoms with E-state index in [0.717, 1.165) is 23.2 Å². The normalized spacial score (nSPS) is 15.5. The Balaban J connectivity index is 1.70. The van der Waals surface area contributed by atoms with Crippen molar-refractivity contribution < 1.29 is 0 Å². The van der Waals surface area contributed by atoms with Crippen LogP contribution in [0.4, 0.5) is 0 Å². The molecule has 1 heterocycles. The van der Waals surface area contributed by atoms with Gasteiger partial charge in [0.1, 0.15) is 5.82 Å². The van der Waals surface area contributed by atoms with E-state index >= 15 is 0 Å². The number of hydrogen-bond acceptors (Lipinski definition) is 3. The van der Waals surface area contributed by atoms with Crippen molar-refractivity contribution in [3.05, 3.63) is 45.5 Å². The molecule has 0 aliphatic heterocycles. The molecule has 0 saturated heterocycles. The van der Waals surface area contributed by atoms with Gasteiger partial charge < -0.3 is 15.2 Å². The predicted molar refractivity (Wildman–Crippen MR) is 106 cm³/mol. The van der Waals surface area contributed by atoms with Crippen LogP contribution in [0.25, 0.3) is 0 Å². The summed E-state index contributed by atoms with van der Waals surface area (Å²) in [5.41, 5.74) is 0.943. The lowest BCUT2D eigenvalue weighted by Crippen LogP contribution is -2.42. The fourth-order valence-electron chi connectivity index (χ4n) is 3.00. The minimum Gasteiger partial charge on any atom is -0.354 e.